The maximum atomic E-state index is 2.38. The van der Waals surface area contributed by atoms with Gasteiger partial charge in [0.25, 0.3) is 0 Å². The second kappa shape index (κ2) is 7.29. The molecule has 0 saturated heterocycles. The first-order valence-electron chi connectivity index (χ1n) is 8.44. The van der Waals surface area contributed by atoms with Crippen molar-refractivity contribution in [3.8, 4) is 0 Å². The predicted octanol–water partition coefficient (Wildman–Crippen LogP) is 7.01. The minimum absolute atomic E-state index is 0.182. The Morgan fingerprint density at radius 1 is 1.24 bits per heavy atom. The van der Waals surface area contributed by atoms with Crippen LogP contribution in [-0.4, -0.2) is 0 Å². The molecule has 0 aliphatic heterocycles. The lowest BCUT2D eigenvalue weighted by molar-refractivity contribution is 0.376. The van der Waals surface area contributed by atoms with Crippen molar-refractivity contribution in [2.45, 2.75) is 74.1 Å². The molecule has 1 aliphatic rings. The van der Waals surface area contributed by atoms with Crippen molar-refractivity contribution in [2.24, 2.45) is 10.8 Å². The molecule has 21 heavy (non-hydrogen) atoms. The molecule has 1 aliphatic carbocycles. The number of allylic oxidation sites excluding steroid dienone is 8. The van der Waals surface area contributed by atoms with E-state index in [1.807, 2.05) is 0 Å². The summed E-state index contributed by atoms with van der Waals surface area (Å²) in [5.41, 5.74) is 5.01. The van der Waals surface area contributed by atoms with Gasteiger partial charge in [0.2, 0.25) is 0 Å². The highest BCUT2D eigenvalue weighted by Gasteiger charge is 2.26. The van der Waals surface area contributed by atoms with E-state index in [0.29, 0.717) is 5.41 Å². The van der Waals surface area contributed by atoms with Crippen LogP contribution in [0.5, 0.6) is 0 Å². The number of rotatable bonds is 4. The lowest BCUT2D eigenvalue weighted by Gasteiger charge is -2.33. The molecule has 0 saturated carbocycles. The van der Waals surface area contributed by atoms with Gasteiger partial charge in [-0.2, -0.15) is 0 Å². The molecule has 0 radical (unpaired) electrons. The Bertz CT molecular complexity index is 459. The van der Waals surface area contributed by atoms with Crippen LogP contribution in [-0.2, 0) is 0 Å². The van der Waals surface area contributed by atoms with Crippen LogP contribution in [0.15, 0.2) is 47.1 Å². The maximum Gasteiger partial charge on any atom is -0.0104 e. The van der Waals surface area contributed by atoms with Crippen molar-refractivity contribution in [1.29, 1.82) is 0 Å². The second-order valence-electron chi connectivity index (χ2n) is 7.97. The summed E-state index contributed by atoms with van der Waals surface area (Å²) in [6, 6.07) is 0. The highest BCUT2D eigenvalue weighted by atomic mass is 14.3. The largest absolute Gasteiger partial charge is 0.0848 e. The van der Waals surface area contributed by atoms with Crippen molar-refractivity contribution < 1.29 is 0 Å². The van der Waals surface area contributed by atoms with E-state index in [4.69, 9.17) is 0 Å². The zero-order valence-corrected chi connectivity index (χ0v) is 15.2. The Hall–Kier alpha value is -1.04. The van der Waals surface area contributed by atoms with Gasteiger partial charge in [-0.05, 0) is 54.6 Å². The first kappa shape index (κ1) is 18.0. The molecule has 0 heteroatoms. The zero-order chi connectivity index (χ0) is 16.1. The van der Waals surface area contributed by atoms with Crippen molar-refractivity contribution in [3.63, 3.8) is 0 Å². The Morgan fingerprint density at radius 3 is 2.43 bits per heavy atom. The van der Waals surface area contributed by atoms with E-state index in [2.05, 4.69) is 78.8 Å². The Kier molecular flexibility index (Phi) is 6.25. The summed E-state index contributed by atoms with van der Waals surface area (Å²) in [6.45, 7) is 16.1. The average molecular weight is 287 g/mol. The van der Waals surface area contributed by atoms with E-state index in [1.165, 1.54) is 24.8 Å². The van der Waals surface area contributed by atoms with E-state index >= 15 is 0 Å². The van der Waals surface area contributed by atoms with Gasteiger partial charge in [-0.1, -0.05) is 77.5 Å². The van der Waals surface area contributed by atoms with Gasteiger partial charge in [-0.15, -0.1) is 0 Å². The van der Waals surface area contributed by atoms with Crippen molar-refractivity contribution in [2.75, 3.05) is 0 Å². The van der Waals surface area contributed by atoms with Crippen LogP contribution in [0, 0.1) is 10.8 Å². The Morgan fingerprint density at radius 2 is 1.90 bits per heavy atom. The molecular weight excluding hydrogens is 252 g/mol. The average Bonchev–Trinajstić information content (AvgIpc) is 2.34. The normalized spacial score (nSPS) is 20.8. The summed E-state index contributed by atoms with van der Waals surface area (Å²) < 4.78 is 0. The molecule has 0 aromatic heterocycles. The molecule has 0 N–H and O–H groups in total. The third-order valence-electron chi connectivity index (χ3n) is 4.49. The minimum atomic E-state index is 0.182. The Balaban J connectivity index is 3.08. The van der Waals surface area contributed by atoms with E-state index in [9.17, 15) is 0 Å². The van der Waals surface area contributed by atoms with Gasteiger partial charge in [0.15, 0.2) is 0 Å². The standard InChI is InChI=1S/C21H34/c1-8-9-10-13-18(20(3,4)5)14-15-19-17(2)12-11-16-21(19,6)7/h9-10,13-15H,8,11-12,16H2,1-7H3/b10-9+,15-14+,18-13-. The van der Waals surface area contributed by atoms with Gasteiger partial charge in [-0.3, -0.25) is 0 Å². The smallest absolute Gasteiger partial charge is 0.0104 e. The zero-order valence-electron chi connectivity index (χ0n) is 15.2. The molecule has 0 spiro atoms. The molecule has 0 aromatic rings. The van der Waals surface area contributed by atoms with Gasteiger partial charge in [-0.25, -0.2) is 0 Å². The minimum Gasteiger partial charge on any atom is -0.0848 e. The fourth-order valence-electron chi connectivity index (χ4n) is 3.05. The van der Waals surface area contributed by atoms with Crippen LogP contribution >= 0.6 is 0 Å². The highest BCUT2D eigenvalue weighted by Crippen LogP contribution is 2.41. The molecule has 0 bridgehead atoms. The number of hydrogen-bond acceptors (Lipinski definition) is 0. The van der Waals surface area contributed by atoms with Gasteiger partial charge in [0, 0.05) is 0 Å². The third-order valence-corrected chi connectivity index (χ3v) is 4.49. The summed E-state index contributed by atoms with van der Waals surface area (Å²) in [7, 11) is 0. The summed E-state index contributed by atoms with van der Waals surface area (Å²) in [5.74, 6) is 0. The molecule has 0 heterocycles. The van der Waals surface area contributed by atoms with Gasteiger partial charge < -0.3 is 0 Å². The topological polar surface area (TPSA) is 0 Å². The van der Waals surface area contributed by atoms with Gasteiger partial charge in [0.05, 0.1) is 0 Å². The lowest BCUT2D eigenvalue weighted by atomic mass is 9.72. The first-order valence-corrected chi connectivity index (χ1v) is 8.44. The molecule has 0 nitrogen and oxygen atoms in total. The second-order valence-corrected chi connectivity index (χ2v) is 7.97. The molecule has 0 aromatic carbocycles. The van der Waals surface area contributed by atoms with Crippen molar-refractivity contribution >= 4 is 0 Å². The quantitative estimate of drug-likeness (QED) is 0.488. The van der Waals surface area contributed by atoms with Crippen LogP contribution in [0.1, 0.15) is 74.1 Å². The van der Waals surface area contributed by atoms with Crippen LogP contribution in [0.25, 0.3) is 0 Å². The molecular formula is C21H34. The van der Waals surface area contributed by atoms with Crippen molar-refractivity contribution in [1.82, 2.24) is 0 Å². The molecule has 0 atom stereocenters. The van der Waals surface area contributed by atoms with E-state index < -0.39 is 0 Å². The highest BCUT2D eigenvalue weighted by molar-refractivity contribution is 5.38. The van der Waals surface area contributed by atoms with Crippen LogP contribution in [0.4, 0.5) is 0 Å². The summed E-state index contributed by atoms with van der Waals surface area (Å²) >= 11 is 0. The fourth-order valence-corrected chi connectivity index (χ4v) is 3.05. The van der Waals surface area contributed by atoms with Crippen LogP contribution < -0.4 is 0 Å². The number of hydrogen-bond donors (Lipinski definition) is 0. The molecule has 1 rings (SSSR count). The van der Waals surface area contributed by atoms with Gasteiger partial charge >= 0.3 is 0 Å². The van der Waals surface area contributed by atoms with Crippen LogP contribution in [0.3, 0.4) is 0 Å². The van der Waals surface area contributed by atoms with Crippen molar-refractivity contribution in [3.05, 3.63) is 47.1 Å². The molecule has 0 fully saturated rings. The molecule has 118 valence electrons. The first-order chi connectivity index (χ1) is 9.68. The summed E-state index contributed by atoms with van der Waals surface area (Å²) in [5, 5.41) is 0. The summed E-state index contributed by atoms with van der Waals surface area (Å²) in [4.78, 5) is 0. The van der Waals surface area contributed by atoms with E-state index in [0.717, 1.165) is 6.42 Å². The third kappa shape index (κ3) is 5.34. The van der Waals surface area contributed by atoms with Gasteiger partial charge in [0.1, 0.15) is 0 Å². The molecule has 0 unspecified atom stereocenters. The summed E-state index contributed by atoms with van der Waals surface area (Å²) in [6.07, 6.45) is 16.4. The SMILES string of the molecule is CC/C=C/C=C(/C=C/C1=C(C)CCCC1(C)C)C(C)(C)C. The lowest BCUT2D eigenvalue weighted by Crippen LogP contribution is -2.19. The fraction of sp³-hybridized carbons (Fsp3) is 0.619. The monoisotopic (exact) mass is 286 g/mol. The predicted molar refractivity (Wildman–Crippen MR) is 96.4 cm³/mol. The van der Waals surface area contributed by atoms with E-state index in [-0.39, 0.29) is 5.41 Å². The van der Waals surface area contributed by atoms with Crippen LogP contribution in [0.2, 0.25) is 0 Å². The maximum absolute atomic E-state index is 2.38. The Labute approximate surface area is 132 Å². The van der Waals surface area contributed by atoms with E-state index in [1.54, 1.807) is 11.1 Å². The molecule has 0 amide bonds.